The zero-order chi connectivity index (χ0) is 9.80. The van der Waals surface area contributed by atoms with E-state index in [0.717, 1.165) is 16.6 Å². The maximum absolute atomic E-state index is 4.23. The van der Waals surface area contributed by atoms with Gasteiger partial charge in [-0.2, -0.15) is 0 Å². The molecule has 2 aromatic rings. The van der Waals surface area contributed by atoms with Crippen LogP contribution < -0.4 is 0 Å². The molecule has 2 nitrogen and oxygen atoms in total. The summed E-state index contributed by atoms with van der Waals surface area (Å²) in [7, 11) is 0. The zero-order valence-corrected chi connectivity index (χ0v) is 9.11. The molecule has 0 bridgehead atoms. The Bertz CT molecular complexity index is 397. The van der Waals surface area contributed by atoms with Crippen molar-refractivity contribution in [1.29, 1.82) is 0 Å². The molecule has 1 aromatic heterocycles. The van der Waals surface area contributed by atoms with Crippen molar-refractivity contribution in [1.82, 2.24) is 9.97 Å². The second-order valence-electron chi connectivity index (χ2n) is 2.92. The molecule has 0 aliphatic heterocycles. The van der Waals surface area contributed by atoms with Crippen LogP contribution in [0.5, 0.6) is 0 Å². The van der Waals surface area contributed by atoms with Crippen LogP contribution in [0.1, 0.15) is 5.56 Å². The first-order valence-corrected chi connectivity index (χ1v) is 5.43. The molecule has 0 amide bonds. The number of nitrogens with zero attached hydrogens (tertiary/aromatic N) is 2. The Balaban J connectivity index is 2.34. The van der Waals surface area contributed by atoms with Crippen molar-refractivity contribution in [3.8, 4) is 11.3 Å². The minimum atomic E-state index is 0.883. The molecule has 0 spiro atoms. The molecule has 0 aliphatic rings. The molecule has 1 heterocycles. The lowest BCUT2D eigenvalue weighted by Crippen LogP contribution is -1.84. The topological polar surface area (TPSA) is 25.8 Å². The van der Waals surface area contributed by atoms with E-state index in [1.54, 1.807) is 18.6 Å². The van der Waals surface area contributed by atoms with Gasteiger partial charge in [-0.1, -0.05) is 40.2 Å². The van der Waals surface area contributed by atoms with Crippen LogP contribution in [0.3, 0.4) is 0 Å². The van der Waals surface area contributed by atoms with Crippen LogP contribution in [0, 0.1) is 0 Å². The summed E-state index contributed by atoms with van der Waals surface area (Å²) in [5.74, 6) is 0. The number of alkyl halides is 1. The van der Waals surface area contributed by atoms with Gasteiger partial charge in [-0.15, -0.1) is 0 Å². The quantitative estimate of drug-likeness (QED) is 0.764. The number of hydrogen-bond acceptors (Lipinski definition) is 2. The van der Waals surface area contributed by atoms with Gasteiger partial charge in [0.15, 0.2) is 0 Å². The van der Waals surface area contributed by atoms with Crippen molar-refractivity contribution in [2.45, 2.75) is 5.33 Å². The van der Waals surface area contributed by atoms with E-state index >= 15 is 0 Å². The van der Waals surface area contributed by atoms with Gasteiger partial charge in [0.25, 0.3) is 0 Å². The van der Waals surface area contributed by atoms with Gasteiger partial charge in [0.2, 0.25) is 0 Å². The predicted octanol–water partition coefficient (Wildman–Crippen LogP) is 3.04. The maximum Gasteiger partial charge on any atom is 0.0885 e. The van der Waals surface area contributed by atoms with E-state index in [1.165, 1.54) is 5.56 Å². The molecular weight excluding hydrogens is 240 g/mol. The Morgan fingerprint density at radius 1 is 1.07 bits per heavy atom. The van der Waals surface area contributed by atoms with Crippen LogP contribution in [-0.4, -0.2) is 9.97 Å². The second-order valence-corrected chi connectivity index (χ2v) is 3.48. The average Bonchev–Trinajstić information content (AvgIpc) is 2.30. The minimum Gasteiger partial charge on any atom is -0.261 e. The fourth-order valence-corrected chi connectivity index (χ4v) is 1.59. The summed E-state index contributed by atoms with van der Waals surface area (Å²) in [6, 6.07) is 8.28. The molecule has 0 fully saturated rings. The molecule has 0 atom stereocenters. The summed E-state index contributed by atoms with van der Waals surface area (Å²) < 4.78 is 0. The van der Waals surface area contributed by atoms with Crippen molar-refractivity contribution in [2.24, 2.45) is 0 Å². The van der Waals surface area contributed by atoms with Gasteiger partial charge in [-0.25, -0.2) is 0 Å². The molecule has 2 rings (SSSR count). The highest BCUT2D eigenvalue weighted by Gasteiger charge is 1.97. The van der Waals surface area contributed by atoms with Gasteiger partial charge in [-0.3, -0.25) is 9.97 Å². The van der Waals surface area contributed by atoms with Crippen molar-refractivity contribution < 1.29 is 0 Å². The average molecular weight is 249 g/mol. The summed E-state index contributed by atoms with van der Waals surface area (Å²) in [5, 5.41) is 0.883. The van der Waals surface area contributed by atoms with Gasteiger partial charge in [0.05, 0.1) is 11.9 Å². The summed E-state index contributed by atoms with van der Waals surface area (Å²) in [6.45, 7) is 0. The molecule has 0 N–H and O–H groups in total. The lowest BCUT2D eigenvalue weighted by Gasteiger charge is -2.00. The third-order valence-corrected chi connectivity index (χ3v) is 2.61. The Morgan fingerprint density at radius 2 is 1.86 bits per heavy atom. The number of benzene rings is 1. The highest BCUT2D eigenvalue weighted by Crippen LogP contribution is 2.16. The van der Waals surface area contributed by atoms with Gasteiger partial charge in [0.1, 0.15) is 0 Å². The Kier molecular flexibility index (Phi) is 2.89. The van der Waals surface area contributed by atoms with E-state index < -0.39 is 0 Å². The van der Waals surface area contributed by atoms with E-state index in [0.29, 0.717) is 0 Å². The first kappa shape index (κ1) is 9.34. The number of rotatable bonds is 2. The molecule has 70 valence electrons. The predicted molar refractivity (Wildman–Crippen MR) is 60.1 cm³/mol. The first-order valence-electron chi connectivity index (χ1n) is 4.31. The van der Waals surface area contributed by atoms with E-state index in [2.05, 4.69) is 50.2 Å². The molecule has 1 aromatic carbocycles. The lowest BCUT2D eigenvalue weighted by atomic mass is 10.1. The summed E-state index contributed by atoms with van der Waals surface area (Å²) in [4.78, 5) is 8.26. The molecule has 14 heavy (non-hydrogen) atoms. The fraction of sp³-hybridized carbons (Fsp3) is 0.0909. The number of hydrogen-bond donors (Lipinski definition) is 0. The van der Waals surface area contributed by atoms with Crippen molar-refractivity contribution in [3.05, 3.63) is 48.4 Å². The second kappa shape index (κ2) is 4.33. The molecule has 0 radical (unpaired) electrons. The molecule has 0 unspecified atom stereocenters. The summed E-state index contributed by atoms with van der Waals surface area (Å²) >= 11 is 3.41. The van der Waals surface area contributed by atoms with Gasteiger partial charge < -0.3 is 0 Å². The fourth-order valence-electron chi connectivity index (χ4n) is 1.21. The maximum atomic E-state index is 4.23. The summed E-state index contributed by atoms with van der Waals surface area (Å²) in [6.07, 6.45) is 5.15. The smallest absolute Gasteiger partial charge is 0.0885 e. The van der Waals surface area contributed by atoms with Gasteiger partial charge >= 0.3 is 0 Å². The van der Waals surface area contributed by atoms with E-state index in [9.17, 15) is 0 Å². The molecule has 0 saturated heterocycles. The van der Waals surface area contributed by atoms with Crippen molar-refractivity contribution >= 4 is 15.9 Å². The highest BCUT2D eigenvalue weighted by atomic mass is 79.9. The van der Waals surface area contributed by atoms with Crippen LogP contribution in [0.15, 0.2) is 42.9 Å². The number of halogens is 1. The third kappa shape index (κ3) is 1.99. The largest absolute Gasteiger partial charge is 0.261 e. The molecule has 3 heteroatoms. The van der Waals surface area contributed by atoms with Gasteiger partial charge in [0, 0.05) is 23.3 Å². The zero-order valence-electron chi connectivity index (χ0n) is 7.52. The third-order valence-electron chi connectivity index (χ3n) is 1.97. The van der Waals surface area contributed by atoms with Gasteiger partial charge in [-0.05, 0) is 5.56 Å². The SMILES string of the molecule is BrCc1ccc(-c2cnccn2)cc1. The van der Waals surface area contributed by atoms with Crippen molar-refractivity contribution in [3.63, 3.8) is 0 Å². The van der Waals surface area contributed by atoms with Crippen molar-refractivity contribution in [2.75, 3.05) is 0 Å². The van der Waals surface area contributed by atoms with E-state index in [-0.39, 0.29) is 0 Å². The summed E-state index contributed by atoms with van der Waals surface area (Å²) in [5.41, 5.74) is 3.27. The molecular formula is C11H9BrN2. The van der Waals surface area contributed by atoms with Crippen LogP contribution in [-0.2, 0) is 5.33 Å². The number of aromatic nitrogens is 2. The highest BCUT2D eigenvalue weighted by molar-refractivity contribution is 9.08. The normalized spacial score (nSPS) is 10.1. The van der Waals surface area contributed by atoms with E-state index in [1.807, 2.05) is 0 Å². The minimum absolute atomic E-state index is 0.883. The Hall–Kier alpha value is -1.22. The van der Waals surface area contributed by atoms with Crippen LogP contribution in [0.4, 0.5) is 0 Å². The Labute approximate surface area is 91.2 Å². The monoisotopic (exact) mass is 248 g/mol. The van der Waals surface area contributed by atoms with Crippen LogP contribution in [0.25, 0.3) is 11.3 Å². The molecule has 0 aliphatic carbocycles. The molecule has 0 saturated carbocycles. The van der Waals surface area contributed by atoms with Crippen LogP contribution >= 0.6 is 15.9 Å². The van der Waals surface area contributed by atoms with E-state index in [4.69, 9.17) is 0 Å². The Morgan fingerprint density at radius 3 is 2.43 bits per heavy atom. The lowest BCUT2D eigenvalue weighted by molar-refractivity contribution is 1.20. The van der Waals surface area contributed by atoms with Crippen LogP contribution in [0.2, 0.25) is 0 Å². The standard InChI is InChI=1S/C11H9BrN2/c12-7-9-1-3-10(4-2-9)11-8-13-5-6-14-11/h1-6,8H,7H2. The first-order chi connectivity index (χ1) is 6.90.